The standard InChI is InChI=1S/4C30H38ClNO4/c4*1-28(2,3)36-27(34)21-7-10-26-25(15-21)32(16-22-11-13-29(22,4)18-33)17-30(19-35-26)12-5-6-20-14-23(31)8-9-24(20)30/h4*7-10,14-15,22,33H,5-6,11-13,16-19H2,1-4H3/t22-,29+,30+;22-,29+,30-;22-,29-,30+;22-,29-,30-/m1010/s1. The van der Waals surface area contributed by atoms with Gasteiger partial charge < -0.3 is 77.9 Å². The Labute approximate surface area is 873 Å². The number of ether oxygens (including phenoxy) is 8. The number of halogens is 4. The monoisotopic (exact) mass is 2040 g/mol. The molecule has 8 aliphatic carbocycles. The van der Waals surface area contributed by atoms with Crippen molar-refractivity contribution in [2.24, 2.45) is 45.3 Å². The van der Waals surface area contributed by atoms with Crippen molar-refractivity contribution in [3.05, 3.63) is 232 Å². The molecule has 0 radical (unpaired) electrons. The van der Waals surface area contributed by atoms with Gasteiger partial charge in [0.05, 0.1) is 71.4 Å². The molecule has 0 unspecified atom stereocenters. The summed E-state index contributed by atoms with van der Waals surface area (Å²) >= 11 is 25.5. The number of carbonyl (C=O) groups is 4. The summed E-state index contributed by atoms with van der Waals surface area (Å²) in [6.45, 7) is 40.9. The second kappa shape index (κ2) is 41.5. The first-order chi connectivity index (χ1) is 68.1. The fourth-order valence-corrected chi connectivity index (χ4v) is 25.6. The van der Waals surface area contributed by atoms with Crippen molar-refractivity contribution in [1.82, 2.24) is 0 Å². The molecule has 12 atom stereocenters. The maximum Gasteiger partial charge on any atom is 0.338 e. The van der Waals surface area contributed by atoms with Crippen LogP contribution in [0.2, 0.25) is 20.1 Å². The van der Waals surface area contributed by atoms with E-state index in [9.17, 15) is 39.6 Å². The maximum atomic E-state index is 12.9. The van der Waals surface area contributed by atoms with Crippen LogP contribution in [0.1, 0.15) is 299 Å². The van der Waals surface area contributed by atoms with Crippen molar-refractivity contribution < 1.29 is 77.5 Å². The molecule has 4 aliphatic heterocycles. The van der Waals surface area contributed by atoms with Gasteiger partial charge in [-0.25, -0.2) is 19.2 Å². The Morgan fingerprint density at radius 2 is 0.507 bits per heavy atom. The van der Waals surface area contributed by atoms with E-state index in [0.717, 1.165) is 247 Å². The number of nitrogens with zero attached hydrogens (tertiary/aromatic N) is 4. The Morgan fingerprint density at radius 1 is 0.306 bits per heavy atom. The smallest absolute Gasteiger partial charge is 0.338 e. The summed E-state index contributed by atoms with van der Waals surface area (Å²) in [5.41, 5.74) is 13.2. The van der Waals surface area contributed by atoms with Gasteiger partial charge in [0, 0.05) is 121 Å². The first kappa shape index (κ1) is 106. The number of hydrogen-bond acceptors (Lipinski definition) is 20. The largest absolute Gasteiger partial charge is 0.490 e. The van der Waals surface area contributed by atoms with E-state index < -0.39 is 22.4 Å². The number of benzene rings is 8. The molecule has 20 rings (SSSR count). The van der Waals surface area contributed by atoms with Crippen molar-refractivity contribution >= 4 is 93.0 Å². The molecule has 776 valence electrons. The van der Waals surface area contributed by atoms with Crippen LogP contribution in [0, 0.1) is 45.3 Å². The summed E-state index contributed by atoms with van der Waals surface area (Å²) in [6, 6.07) is 47.7. The lowest BCUT2D eigenvalue weighted by atomic mass is 9.61. The first-order valence-corrected chi connectivity index (χ1v) is 54.2. The zero-order valence-electron chi connectivity index (χ0n) is 87.6. The molecule has 4 heterocycles. The number of esters is 4. The summed E-state index contributed by atoms with van der Waals surface area (Å²) in [6.07, 6.45) is 21.1. The van der Waals surface area contributed by atoms with Gasteiger partial charge in [-0.2, -0.15) is 0 Å². The zero-order valence-corrected chi connectivity index (χ0v) is 90.6. The van der Waals surface area contributed by atoms with Gasteiger partial charge in [0.15, 0.2) is 0 Å². The minimum Gasteiger partial charge on any atom is -0.490 e. The summed E-state index contributed by atoms with van der Waals surface area (Å²) in [5.74, 6) is 3.39. The van der Waals surface area contributed by atoms with Crippen LogP contribution in [0.15, 0.2) is 146 Å². The lowest BCUT2D eigenvalue weighted by molar-refractivity contribution is -0.00582. The van der Waals surface area contributed by atoms with E-state index in [2.05, 4.69) is 95.8 Å². The van der Waals surface area contributed by atoms with Crippen LogP contribution in [0.3, 0.4) is 0 Å². The molecule has 4 saturated carbocycles. The summed E-state index contributed by atoms with van der Waals surface area (Å²) in [7, 11) is 0. The van der Waals surface area contributed by atoms with E-state index in [4.69, 9.17) is 84.3 Å². The van der Waals surface area contributed by atoms with E-state index in [1.165, 1.54) is 44.5 Å². The lowest BCUT2D eigenvalue weighted by Crippen LogP contribution is -2.51. The van der Waals surface area contributed by atoms with Gasteiger partial charge in [0.2, 0.25) is 0 Å². The Balaban J connectivity index is 0.000000132. The summed E-state index contributed by atoms with van der Waals surface area (Å²) in [5, 5.41) is 43.5. The molecule has 8 aromatic carbocycles. The minimum atomic E-state index is -0.563. The van der Waals surface area contributed by atoms with Gasteiger partial charge in [-0.1, -0.05) is 98.4 Å². The average Bonchev–Trinajstić information content (AvgIpc) is 1.72. The van der Waals surface area contributed by atoms with Crippen molar-refractivity contribution in [1.29, 1.82) is 0 Å². The predicted octanol–water partition coefficient (Wildman–Crippen LogP) is 24.7. The Kier molecular flexibility index (Phi) is 30.7. The van der Waals surface area contributed by atoms with Gasteiger partial charge in [-0.3, -0.25) is 0 Å². The fourth-order valence-electron chi connectivity index (χ4n) is 24.8. The molecule has 8 aromatic rings. The SMILES string of the molecule is CC(C)(C)OC(=O)c1ccc2c(c1)N(C[C@@H]1CC[C@@]1(C)CO)C[C@@]1(CCCc3cc(Cl)ccc31)CO2.CC(C)(C)OC(=O)c1ccc2c(c1)N(C[C@@H]1CC[C@]1(C)CO)C[C@@]1(CCCc3cc(Cl)ccc31)CO2.CC(C)(C)OC(=O)c1ccc2c(c1)N(C[C@H]1CC[C@@]1(C)CO)C[C@@]1(CCCc3cc(Cl)ccc31)CO2.CC(C)(C)OC(=O)c1ccc2c(c1)N(C[C@H]1CC[C@]1(C)CO)C[C@@]1(CCCc3cc(Cl)ccc31)CO2. The number of carbonyl (C=O) groups excluding carboxylic acids is 4. The quantitative estimate of drug-likeness (QED) is 0.0520. The van der Waals surface area contributed by atoms with Crippen molar-refractivity contribution in [3.63, 3.8) is 0 Å². The number of aliphatic hydroxyl groups excluding tert-OH is 4. The third-order valence-corrected chi connectivity index (χ3v) is 35.0. The highest BCUT2D eigenvalue weighted by Crippen LogP contribution is 2.57. The fraction of sp³-hybridized carbons (Fsp3) is 0.567. The van der Waals surface area contributed by atoms with E-state index in [0.29, 0.717) is 72.4 Å². The number of hydrogen-bond donors (Lipinski definition) is 4. The number of fused-ring (bicyclic) bond motifs is 12. The topological polar surface area (TPSA) is 236 Å². The Bertz CT molecular complexity index is 5340. The molecule has 12 aliphatic rings. The highest BCUT2D eigenvalue weighted by molar-refractivity contribution is 6.31. The third-order valence-electron chi connectivity index (χ3n) is 34.1. The van der Waals surface area contributed by atoms with Gasteiger partial charge in [0.1, 0.15) is 45.4 Å². The average molecular weight is 2050 g/mol. The highest BCUT2D eigenvalue weighted by Gasteiger charge is 2.54. The second-order valence-electron chi connectivity index (χ2n) is 49.3. The van der Waals surface area contributed by atoms with Gasteiger partial charge >= 0.3 is 23.9 Å². The number of aryl methyl sites for hydroxylation is 4. The van der Waals surface area contributed by atoms with Crippen LogP contribution in [0.25, 0.3) is 0 Å². The molecule has 0 bridgehead atoms. The highest BCUT2D eigenvalue weighted by atomic mass is 35.5. The molecule has 20 nitrogen and oxygen atoms in total. The summed E-state index contributed by atoms with van der Waals surface area (Å²) in [4.78, 5) is 61.4. The van der Waals surface area contributed by atoms with Crippen molar-refractivity contribution in [3.8, 4) is 23.0 Å². The van der Waals surface area contributed by atoms with E-state index in [-0.39, 0.29) is 93.6 Å². The van der Waals surface area contributed by atoms with Crippen LogP contribution in [0.5, 0.6) is 23.0 Å². The number of rotatable bonds is 16. The van der Waals surface area contributed by atoms with E-state index >= 15 is 0 Å². The van der Waals surface area contributed by atoms with Crippen molar-refractivity contribution in [2.75, 3.05) is 125 Å². The van der Waals surface area contributed by atoms with E-state index in [1.54, 1.807) is 24.3 Å². The molecular weight excluding hydrogens is 1900 g/mol. The molecule has 4 spiro atoms. The van der Waals surface area contributed by atoms with Gasteiger partial charge in [-0.15, -0.1) is 0 Å². The minimum absolute atomic E-state index is 0.0682. The zero-order chi connectivity index (χ0) is 103. The molecule has 4 N–H and O–H groups in total. The molecular formula is C120H152Cl4N4O16. The first-order valence-electron chi connectivity index (χ1n) is 52.7. The van der Waals surface area contributed by atoms with Crippen molar-refractivity contribution in [2.45, 2.75) is 283 Å². The maximum absolute atomic E-state index is 12.9. The van der Waals surface area contributed by atoms with Crippen LogP contribution < -0.4 is 38.5 Å². The van der Waals surface area contributed by atoms with Crippen LogP contribution in [-0.4, -0.2) is 172 Å². The molecule has 0 amide bonds. The number of aliphatic hydroxyl groups is 4. The second-order valence-corrected chi connectivity index (χ2v) is 51.1. The van der Waals surface area contributed by atoms with Gasteiger partial charge in [0.25, 0.3) is 0 Å². The lowest BCUT2D eigenvalue weighted by Gasteiger charge is -2.49. The van der Waals surface area contributed by atoms with Crippen LogP contribution in [0.4, 0.5) is 22.7 Å². The normalized spacial score (nSPS) is 27.4. The van der Waals surface area contributed by atoms with Gasteiger partial charge in [-0.05, 0) is 423 Å². The number of anilines is 4. The summed E-state index contributed by atoms with van der Waals surface area (Å²) < 4.78 is 48.8. The molecule has 4 fully saturated rings. The Morgan fingerprint density at radius 3 is 0.681 bits per heavy atom. The Hall–Kier alpha value is -8.96. The predicted molar refractivity (Wildman–Crippen MR) is 573 cm³/mol. The third kappa shape index (κ3) is 22.8. The molecule has 0 aromatic heterocycles. The van der Waals surface area contributed by atoms with E-state index in [1.807, 2.05) is 156 Å². The molecule has 144 heavy (non-hydrogen) atoms. The molecule has 0 saturated heterocycles. The van der Waals surface area contributed by atoms with Crippen LogP contribution >= 0.6 is 46.4 Å². The van der Waals surface area contributed by atoms with Crippen LogP contribution in [-0.2, 0) is 66.3 Å². The molecule has 24 heteroatoms.